The van der Waals surface area contributed by atoms with Crippen molar-refractivity contribution in [1.82, 2.24) is 0 Å². The largest absolute Gasteiger partial charge is 2.00 e. The molecule has 0 saturated heterocycles. The molecule has 0 aromatic carbocycles. The van der Waals surface area contributed by atoms with Crippen molar-refractivity contribution in [3.8, 4) is 0 Å². The van der Waals surface area contributed by atoms with Crippen LogP contribution >= 0.6 is 0 Å². The summed E-state index contributed by atoms with van der Waals surface area (Å²) in [6.07, 6.45) is 0. The molecule has 0 heterocycles. The molecule has 0 bridgehead atoms. The summed E-state index contributed by atoms with van der Waals surface area (Å²) in [7, 11) is 0. The molecule has 0 atom stereocenters. The minimum atomic E-state index is 0. The zero-order valence-electron chi connectivity index (χ0n) is 4.68. The van der Waals surface area contributed by atoms with Gasteiger partial charge in [0.25, 0.3) is 0 Å². The Bertz CT molecular complexity index is 11.7. The van der Waals surface area contributed by atoms with Crippen LogP contribution in [0.15, 0.2) is 0 Å². The van der Waals surface area contributed by atoms with Gasteiger partial charge in [0, 0.05) is 0 Å². The van der Waals surface area contributed by atoms with Gasteiger partial charge in [0.1, 0.15) is 0 Å². The van der Waals surface area contributed by atoms with E-state index in [1.54, 1.807) is 13.8 Å². The molecule has 0 fully saturated rings. The summed E-state index contributed by atoms with van der Waals surface area (Å²) in [4.78, 5) is 0. The molecule has 0 aliphatic carbocycles. The summed E-state index contributed by atoms with van der Waals surface area (Å²) in [5.74, 6) is 0. The van der Waals surface area contributed by atoms with E-state index in [-0.39, 0.29) is 31.8 Å². The van der Waals surface area contributed by atoms with E-state index in [0.717, 1.165) is 0 Å². The number of hydrogen-bond acceptors (Lipinski definition) is 2. The fraction of sp³-hybridized carbons (Fsp3) is 1.00. The molecule has 0 aliphatic rings. The quantitative estimate of drug-likeness (QED) is 0.422. The van der Waals surface area contributed by atoms with Gasteiger partial charge in [-0.15, -0.1) is 13.2 Å². The van der Waals surface area contributed by atoms with Crippen molar-refractivity contribution in [2.24, 2.45) is 0 Å². The van der Waals surface area contributed by atoms with Crippen molar-refractivity contribution >= 4 is 0 Å². The average molecular weight is 141 g/mol. The van der Waals surface area contributed by atoms with Crippen LogP contribution in [0, 0.1) is 0 Å². The van der Waals surface area contributed by atoms with Crippen LogP contribution in [0.3, 0.4) is 0 Å². The van der Waals surface area contributed by atoms with E-state index in [9.17, 15) is 0 Å². The van der Waals surface area contributed by atoms with Crippen molar-refractivity contribution in [1.29, 1.82) is 0 Å². The van der Waals surface area contributed by atoms with Crippen molar-refractivity contribution in [2.75, 3.05) is 13.2 Å². The fourth-order valence-corrected chi connectivity index (χ4v) is 0. The molecule has 43 valence electrons. The first-order valence-electron chi connectivity index (χ1n) is 1.99. The maximum absolute atomic E-state index is 8.93. The molecular formula is C4H10O2V. The van der Waals surface area contributed by atoms with Gasteiger partial charge >= 0.3 is 18.6 Å². The molecule has 2 nitrogen and oxygen atoms in total. The summed E-state index contributed by atoms with van der Waals surface area (Å²) >= 11 is 0. The summed E-state index contributed by atoms with van der Waals surface area (Å²) in [5.41, 5.74) is 0. The minimum absolute atomic E-state index is 0. The van der Waals surface area contributed by atoms with Crippen LogP contribution in [0.25, 0.3) is 0 Å². The van der Waals surface area contributed by atoms with E-state index in [1.165, 1.54) is 0 Å². The predicted molar refractivity (Wildman–Crippen MR) is 21.1 cm³/mol. The molecule has 3 heteroatoms. The van der Waals surface area contributed by atoms with Gasteiger partial charge in [0.2, 0.25) is 0 Å². The Hall–Kier alpha value is 0.504. The summed E-state index contributed by atoms with van der Waals surface area (Å²) < 4.78 is 0. The topological polar surface area (TPSA) is 46.1 Å². The van der Waals surface area contributed by atoms with E-state index < -0.39 is 0 Å². The standard InChI is InChI=1S/2C2H5O.V/c2*1-2-3;/h2*2H2,1H3;/q2*-1;+2. The zero-order valence-corrected chi connectivity index (χ0v) is 6.07. The molecule has 0 spiro atoms. The van der Waals surface area contributed by atoms with Crippen LogP contribution in [-0.2, 0) is 18.6 Å². The van der Waals surface area contributed by atoms with Gasteiger partial charge in [-0.05, 0) is 0 Å². The second kappa shape index (κ2) is 31.4. The molecule has 0 aromatic heterocycles. The molecule has 1 radical (unpaired) electrons. The molecule has 0 rings (SSSR count). The summed E-state index contributed by atoms with van der Waals surface area (Å²) in [5, 5.41) is 17.9. The maximum atomic E-state index is 8.93. The first-order valence-corrected chi connectivity index (χ1v) is 1.99. The van der Waals surface area contributed by atoms with Crippen LogP contribution < -0.4 is 10.2 Å². The smallest absolute Gasteiger partial charge is 0.855 e. The second-order valence-electron chi connectivity index (χ2n) is 0.577. The molecule has 0 saturated carbocycles. The van der Waals surface area contributed by atoms with Crippen molar-refractivity contribution in [3.05, 3.63) is 0 Å². The summed E-state index contributed by atoms with van der Waals surface area (Å²) in [6.45, 7) is 3.14. The van der Waals surface area contributed by atoms with Gasteiger partial charge in [-0.2, -0.15) is 0 Å². The Labute approximate surface area is 56.4 Å². The Balaban J connectivity index is -0.0000000400. The predicted octanol–water partition coefficient (Wildman–Crippen LogP) is -1.27. The van der Waals surface area contributed by atoms with Crippen LogP contribution in [0.2, 0.25) is 0 Å². The van der Waals surface area contributed by atoms with Crippen molar-refractivity contribution < 1.29 is 28.8 Å². The maximum Gasteiger partial charge on any atom is 2.00 e. The van der Waals surface area contributed by atoms with Gasteiger partial charge < -0.3 is 10.2 Å². The van der Waals surface area contributed by atoms with Gasteiger partial charge in [0.15, 0.2) is 0 Å². The third-order valence-corrected chi connectivity index (χ3v) is 0. The molecular weight excluding hydrogens is 131 g/mol. The van der Waals surface area contributed by atoms with Gasteiger partial charge in [-0.3, -0.25) is 0 Å². The first kappa shape index (κ1) is 15.6. The van der Waals surface area contributed by atoms with Crippen LogP contribution in [0.1, 0.15) is 13.8 Å². The van der Waals surface area contributed by atoms with Crippen LogP contribution in [0.5, 0.6) is 0 Å². The van der Waals surface area contributed by atoms with Gasteiger partial charge in [0.05, 0.1) is 0 Å². The monoisotopic (exact) mass is 141 g/mol. The number of rotatable bonds is 0. The molecule has 0 N–H and O–H groups in total. The Kier molecular flexibility index (Phi) is 70.2. The third kappa shape index (κ3) is 519. The Morgan fingerprint density at radius 3 is 1.00 bits per heavy atom. The van der Waals surface area contributed by atoms with Crippen molar-refractivity contribution in [2.45, 2.75) is 13.8 Å². The van der Waals surface area contributed by atoms with Crippen LogP contribution in [0.4, 0.5) is 0 Å². The molecule has 0 unspecified atom stereocenters. The molecule has 0 aromatic rings. The number of hydrogen-bond donors (Lipinski definition) is 0. The van der Waals surface area contributed by atoms with Gasteiger partial charge in [-0.1, -0.05) is 13.8 Å². The molecule has 0 aliphatic heterocycles. The van der Waals surface area contributed by atoms with E-state index >= 15 is 0 Å². The van der Waals surface area contributed by atoms with E-state index in [2.05, 4.69) is 0 Å². The zero-order chi connectivity index (χ0) is 5.41. The fourth-order valence-electron chi connectivity index (χ4n) is 0. The van der Waals surface area contributed by atoms with E-state index in [4.69, 9.17) is 10.2 Å². The third-order valence-electron chi connectivity index (χ3n) is 0. The Morgan fingerprint density at radius 2 is 1.00 bits per heavy atom. The minimum Gasteiger partial charge on any atom is -0.855 e. The van der Waals surface area contributed by atoms with Crippen molar-refractivity contribution in [3.63, 3.8) is 0 Å². The average Bonchev–Trinajstić information content (AvgIpc) is 1.39. The Morgan fingerprint density at radius 1 is 1.00 bits per heavy atom. The van der Waals surface area contributed by atoms with E-state index in [0.29, 0.717) is 0 Å². The molecule has 7 heavy (non-hydrogen) atoms. The van der Waals surface area contributed by atoms with E-state index in [1.807, 2.05) is 0 Å². The summed E-state index contributed by atoms with van der Waals surface area (Å²) in [6, 6.07) is 0. The first-order chi connectivity index (χ1) is 2.83. The normalized spacial score (nSPS) is 5.14. The SMILES string of the molecule is CC[O-].CC[O-].[V+2]. The van der Waals surface area contributed by atoms with Crippen LogP contribution in [-0.4, -0.2) is 13.2 Å². The second-order valence-corrected chi connectivity index (χ2v) is 0.577. The molecule has 0 amide bonds. The van der Waals surface area contributed by atoms with Gasteiger partial charge in [-0.25, -0.2) is 0 Å².